The van der Waals surface area contributed by atoms with Crippen LogP contribution >= 0.6 is 0 Å². The van der Waals surface area contributed by atoms with Gasteiger partial charge in [-0.15, -0.1) is 0 Å². The first kappa shape index (κ1) is 14.8. The molecule has 2 fully saturated rings. The van der Waals surface area contributed by atoms with Gasteiger partial charge in [0.25, 0.3) is 0 Å². The molecule has 0 saturated heterocycles. The van der Waals surface area contributed by atoms with Crippen molar-refractivity contribution in [2.24, 2.45) is 11.8 Å². The van der Waals surface area contributed by atoms with E-state index < -0.39 is 11.5 Å². The van der Waals surface area contributed by atoms with Gasteiger partial charge in [-0.1, -0.05) is 13.8 Å². The van der Waals surface area contributed by atoms with Crippen LogP contribution in [0.3, 0.4) is 0 Å². The Morgan fingerprint density at radius 3 is 2.47 bits per heavy atom. The molecule has 0 heterocycles. The Morgan fingerprint density at radius 2 is 1.95 bits per heavy atom. The minimum Gasteiger partial charge on any atom is -0.480 e. The fourth-order valence-electron chi connectivity index (χ4n) is 3.54. The van der Waals surface area contributed by atoms with Crippen LogP contribution in [0.2, 0.25) is 0 Å². The summed E-state index contributed by atoms with van der Waals surface area (Å²) >= 11 is 0. The Morgan fingerprint density at radius 1 is 1.21 bits per heavy atom. The SMILES string of the molecule is CNC1(C(=O)O)CCC(OC2CCC(C)C(C)C2)C1. The van der Waals surface area contributed by atoms with Crippen LogP contribution in [-0.4, -0.2) is 35.9 Å². The third-order valence-corrected chi connectivity index (χ3v) is 5.29. The standard InChI is InChI=1S/C15H27NO3/c1-10-4-5-12(8-11(10)2)19-13-6-7-15(9-13,16-3)14(17)18/h10-13,16H,4-9H2,1-3H3,(H,17,18). The number of rotatable bonds is 4. The molecule has 4 nitrogen and oxygen atoms in total. The van der Waals surface area contributed by atoms with E-state index in [0.29, 0.717) is 24.9 Å². The van der Waals surface area contributed by atoms with Gasteiger partial charge in [-0.25, -0.2) is 0 Å². The largest absolute Gasteiger partial charge is 0.480 e. The van der Waals surface area contributed by atoms with Gasteiger partial charge in [0, 0.05) is 6.42 Å². The highest BCUT2D eigenvalue weighted by molar-refractivity contribution is 5.79. The first-order chi connectivity index (χ1) is 8.97. The molecule has 2 aliphatic rings. The molecule has 0 aromatic carbocycles. The van der Waals surface area contributed by atoms with Crippen LogP contribution in [0.5, 0.6) is 0 Å². The van der Waals surface area contributed by atoms with Crippen molar-refractivity contribution in [2.45, 2.75) is 70.1 Å². The molecule has 5 atom stereocenters. The van der Waals surface area contributed by atoms with Crippen LogP contribution < -0.4 is 5.32 Å². The highest BCUT2D eigenvalue weighted by Crippen LogP contribution is 2.36. The monoisotopic (exact) mass is 269 g/mol. The van der Waals surface area contributed by atoms with Gasteiger partial charge in [0.2, 0.25) is 0 Å². The predicted octanol–water partition coefficient (Wildman–Crippen LogP) is 2.42. The van der Waals surface area contributed by atoms with Gasteiger partial charge < -0.3 is 15.2 Å². The molecular weight excluding hydrogens is 242 g/mol. The van der Waals surface area contributed by atoms with Crippen molar-refractivity contribution in [3.63, 3.8) is 0 Å². The Kier molecular flexibility index (Phi) is 4.51. The second kappa shape index (κ2) is 5.80. The Labute approximate surface area is 115 Å². The molecule has 0 aliphatic heterocycles. The molecule has 5 unspecified atom stereocenters. The average molecular weight is 269 g/mol. The molecule has 0 spiro atoms. The van der Waals surface area contributed by atoms with E-state index in [-0.39, 0.29) is 6.10 Å². The van der Waals surface area contributed by atoms with Crippen molar-refractivity contribution in [2.75, 3.05) is 7.05 Å². The number of carboxylic acids is 1. The maximum Gasteiger partial charge on any atom is 0.323 e. The highest BCUT2D eigenvalue weighted by Gasteiger charge is 2.45. The summed E-state index contributed by atoms with van der Waals surface area (Å²) < 4.78 is 6.17. The van der Waals surface area contributed by atoms with E-state index in [1.165, 1.54) is 6.42 Å². The van der Waals surface area contributed by atoms with Crippen molar-refractivity contribution in [3.05, 3.63) is 0 Å². The van der Waals surface area contributed by atoms with E-state index in [0.717, 1.165) is 25.2 Å². The van der Waals surface area contributed by atoms with E-state index in [2.05, 4.69) is 19.2 Å². The van der Waals surface area contributed by atoms with Crippen molar-refractivity contribution in [1.29, 1.82) is 0 Å². The smallest absolute Gasteiger partial charge is 0.323 e. The molecule has 0 radical (unpaired) electrons. The zero-order valence-corrected chi connectivity index (χ0v) is 12.3. The zero-order chi connectivity index (χ0) is 14.0. The number of nitrogens with one attached hydrogen (secondary N) is 1. The molecule has 0 amide bonds. The van der Waals surface area contributed by atoms with Crippen molar-refractivity contribution in [3.8, 4) is 0 Å². The van der Waals surface area contributed by atoms with Gasteiger partial charge in [-0.2, -0.15) is 0 Å². The summed E-state index contributed by atoms with van der Waals surface area (Å²) in [4.78, 5) is 11.4. The van der Waals surface area contributed by atoms with Crippen LogP contribution in [0, 0.1) is 11.8 Å². The molecule has 2 N–H and O–H groups in total. The van der Waals surface area contributed by atoms with E-state index in [4.69, 9.17) is 4.74 Å². The molecule has 0 aromatic rings. The van der Waals surface area contributed by atoms with Crippen molar-refractivity contribution >= 4 is 5.97 Å². The first-order valence-electron chi connectivity index (χ1n) is 7.54. The van der Waals surface area contributed by atoms with Crippen LogP contribution in [0.15, 0.2) is 0 Å². The normalized spacial score (nSPS) is 43.3. The predicted molar refractivity (Wildman–Crippen MR) is 74.1 cm³/mol. The topological polar surface area (TPSA) is 58.6 Å². The van der Waals surface area contributed by atoms with E-state index in [9.17, 15) is 9.90 Å². The summed E-state index contributed by atoms with van der Waals surface area (Å²) in [6.07, 6.45) is 6.04. The van der Waals surface area contributed by atoms with Gasteiger partial charge in [0.1, 0.15) is 5.54 Å². The molecule has 19 heavy (non-hydrogen) atoms. The summed E-state index contributed by atoms with van der Waals surface area (Å²) in [5.74, 6) is 0.763. The molecule has 4 heteroatoms. The molecular formula is C15H27NO3. The summed E-state index contributed by atoms with van der Waals surface area (Å²) in [6.45, 7) is 4.61. The lowest BCUT2D eigenvalue weighted by atomic mass is 9.80. The minimum atomic E-state index is -0.766. The number of ether oxygens (including phenoxy) is 1. The second-order valence-corrected chi connectivity index (χ2v) is 6.53. The lowest BCUT2D eigenvalue weighted by Gasteiger charge is -2.34. The Balaban J connectivity index is 1.87. The number of likely N-dealkylation sites (N-methyl/N-ethyl adjacent to an activating group) is 1. The minimum absolute atomic E-state index is 0.106. The quantitative estimate of drug-likeness (QED) is 0.823. The third-order valence-electron chi connectivity index (χ3n) is 5.29. The van der Waals surface area contributed by atoms with E-state index in [1.54, 1.807) is 7.05 Å². The Bertz CT molecular complexity index is 333. The molecule has 110 valence electrons. The lowest BCUT2D eigenvalue weighted by Crippen LogP contribution is -2.48. The van der Waals surface area contributed by atoms with Crippen LogP contribution in [0.1, 0.15) is 52.4 Å². The van der Waals surface area contributed by atoms with Gasteiger partial charge in [0.15, 0.2) is 0 Å². The van der Waals surface area contributed by atoms with Gasteiger partial charge in [0.05, 0.1) is 12.2 Å². The molecule has 2 saturated carbocycles. The number of hydrogen-bond donors (Lipinski definition) is 2. The number of hydrogen-bond acceptors (Lipinski definition) is 3. The van der Waals surface area contributed by atoms with Crippen molar-refractivity contribution < 1.29 is 14.6 Å². The fraction of sp³-hybridized carbons (Fsp3) is 0.933. The van der Waals surface area contributed by atoms with Crippen molar-refractivity contribution in [1.82, 2.24) is 5.32 Å². The fourth-order valence-corrected chi connectivity index (χ4v) is 3.54. The van der Waals surface area contributed by atoms with Crippen LogP contribution in [0.4, 0.5) is 0 Å². The number of aliphatic carboxylic acids is 1. The summed E-state index contributed by atoms with van der Waals surface area (Å²) in [5.41, 5.74) is -0.766. The Hall–Kier alpha value is -0.610. The van der Waals surface area contributed by atoms with Gasteiger partial charge in [-0.3, -0.25) is 4.79 Å². The summed E-state index contributed by atoms with van der Waals surface area (Å²) in [6, 6.07) is 0. The van der Waals surface area contributed by atoms with Gasteiger partial charge >= 0.3 is 5.97 Å². The lowest BCUT2D eigenvalue weighted by molar-refractivity contribution is -0.145. The van der Waals surface area contributed by atoms with E-state index in [1.807, 2.05) is 0 Å². The third kappa shape index (κ3) is 3.11. The maximum absolute atomic E-state index is 11.4. The number of carboxylic acid groups (broad SMARTS) is 1. The van der Waals surface area contributed by atoms with Crippen LogP contribution in [0.25, 0.3) is 0 Å². The highest BCUT2D eigenvalue weighted by atomic mass is 16.5. The first-order valence-corrected chi connectivity index (χ1v) is 7.54. The average Bonchev–Trinajstić information content (AvgIpc) is 2.79. The molecule has 2 aliphatic carbocycles. The van der Waals surface area contributed by atoms with Crippen LogP contribution in [-0.2, 0) is 9.53 Å². The van der Waals surface area contributed by atoms with E-state index >= 15 is 0 Å². The summed E-state index contributed by atoms with van der Waals surface area (Å²) in [5, 5.41) is 12.3. The maximum atomic E-state index is 11.4. The second-order valence-electron chi connectivity index (χ2n) is 6.53. The molecule has 0 bridgehead atoms. The zero-order valence-electron chi connectivity index (χ0n) is 12.3. The molecule has 0 aromatic heterocycles. The molecule has 2 rings (SSSR count). The van der Waals surface area contributed by atoms with Gasteiger partial charge in [-0.05, 0) is 51.0 Å². The summed E-state index contributed by atoms with van der Waals surface area (Å²) in [7, 11) is 1.74. The number of carbonyl (C=O) groups is 1.